The molecular formula is C46H26N4OS. The number of hydrogen-bond acceptors (Lipinski definition) is 6. The second kappa shape index (κ2) is 11.4. The Kier molecular flexibility index (Phi) is 6.35. The lowest BCUT2D eigenvalue weighted by molar-refractivity contribution is 0.675. The van der Waals surface area contributed by atoms with E-state index in [2.05, 4.69) is 109 Å². The van der Waals surface area contributed by atoms with Crippen LogP contribution in [0.5, 0.6) is 0 Å². The van der Waals surface area contributed by atoms with Crippen molar-refractivity contribution in [2.45, 2.75) is 0 Å². The van der Waals surface area contributed by atoms with Crippen LogP contribution in [0, 0.1) is 0 Å². The molecule has 0 unspecified atom stereocenters. The third kappa shape index (κ3) is 4.48. The molecule has 0 aliphatic rings. The van der Waals surface area contributed by atoms with Gasteiger partial charge in [0.15, 0.2) is 23.1 Å². The Labute approximate surface area is 301 Å². The number of hydrogen-bond donors (Lipinski definition) is 0. The Hall–Kier alpha value is -6.76. The van der Waals surface area contributed by atoms with E-state index >= 15 is 0 Å². The smallest absolute Gasteiger partial charge is 0.164 e. The lowest BCUT2D eigenvalue weighted by atomic mass is 9.95. The molecule has 0 fully saturated rings. The molecule has 11 aromatic rings. The second-order valence-electron chi connectivity index (χ2n) is 13.0. The fraction of sp³-hybridized carbons (Fsp3) is 0. The van der Waals surface area contributed by atoms with Gasteiger partial charge in [0.2, 0.25) is 0 Å². The van der Waals surface area contributed by atoms with E-state index in [1.165, 1.54) is 0 Å². The number of fused-ring (bicyclic) bond motifs is 10. The molecule has 0 spiro atoms. The number of thiazole rings is 1. The van der Waals surface area contributed by atoms with Crippen molar-refractivity contribution in [2.24, 2.45) is 0 Å². The van der Waals surface area contributed by atoms with Crippen molar-refractivity contribution in [3.8, 4) is 44.7 Å². The fourth-order valence-electron chi connectivity index (χ4n) is 7.52. The summed E-state index contributed by atoms with van der Waals surface area (Å²) in [5, 5.41) is 9.64. The van der Waals surface area contributed by atoms with E-state index in [1.807, 2.05) is 48.5 Å². The van der Waals surface area contributed by atoms with Gasteiger partial charge in [0.1, 0.15) is 16.1 Å². The maximum Gasteiger partial charge on any atom is 0.164 e. The monoisotopic (exact) mass is 682 g/mol. The summed E-state index contributed by atoms with van der Waals surface area (Å²) in [4.78, 5) is 20.5. The fourth-order valence-corrected chi connectivity index (χ4v) is 8.49. The standard InChI is InChI=1S/C46H26N4OS/c1-3-12-29(13-4-1)43-48-44(36-19-9-16-27-11-7-8-18-31(27)36)50-45(49-43)37-20-10-17-28-21-22-33-32(39(28)37)23-24-34-35-25-26-38-40(42(35)51-41(33)34)47-46(52-38)30-14-5-2-6-15-30/h1-26H. The molecule has 0 bridgehead atoms. The average Bonchev–Trinajstić information content (AvgIpc) is 3.83. The van der Waals surface area contributed by atoms with Gasteiger partial charge in [-0.2, -0.15) is 0 Å². The van der Waals surface area contributed by atoms with Crippen molar-refractivity contribution < 1.29 is 4.42 Å². The maximum atomic E-state index is 6.82. The first-order valence-corrected chi connectivity index (χ1v) is 18.0. The topological polar surface area (TPSA) is 64.7 Å². The van der Waals surface area contributed by atoms with E-state index in [-0.39, 0.29) is 0 Å². The molecule has 0 N–H and O–H groups in total. The van der Waals surface area contributed by atoms with Gasteiger partial charge in [-0.3, -0.25) is 0 Å². The summed E-state index contributed by atoms with van der Waals surface area (Å²) in [5.41, 5.74) is 6.51. The van der Waals surface area contributed by atoms with E-state index in [4.69, 9.17) is 24.4 Å². The van der Waals surface area contributed by atoms with Crippen molar-refractivity contribution in [2.75, 3.05) is 0 Å². The minimum Gasteiger partial charge on any atom is -0.453 e. The summed E-state index contributed by atoms with van der Waals surface area (Å²) in [7, 11) is 0. The van der Waals surface area contributed by atoms with E-state index in [0.717, 1.165) is 91.7 Å². The molecule has 6 heteroatoms. The Balaban J connectivity index is 1.16. The first-order valence-electron chi connectivity index (χ1n) is 17.2. The van der Waals surface area contributed by atoms with Crippen LogP contribution in [0.2, 0.25) is 0 Å². The molecule has 0 aliphatic heterocycles. The minimum atomic E-state index is 0.622. The van der Waals surface area contributed by atoms with Gasteiger partial charge in [0.05, 0.1) is 4.70 Å². The van der Waals surface area contributed by atoms with E-state index < -0.39 is 0 Å². The molecule has 0 radical (unpaired) electrons. The Morgan fingerprint density at radius 2 is 0.981 bits per heavy atom. The highest BCUT2D eigenvalue weighted by atomic mass is 32.1. The molecule has 0 saturated heterocycles. The Morgan fingerprint density at radius 1 is 0.385 bits per heavy atom. The van der Waals surface area contributed by atoms with Crippen LogP contribution >= 0.6 is 11.3 Å². The van der Waals surface area contributed by atoms with Crippen LogP contribution in [0.3, 0.4) is 0 Å². The second-order valence-corrected chi connectivity index (χ2v) is 14.0. The van der Waals surface area contributed by atoms with Crippen LogP contribution in [-0.2, 0) is 0 Å². The van der Waals surface area contributed by atoms with Gasteiger partial charge >= 0.3 is 0 Å². The van der Waals surface area contributed by atoms with Gasteiger partial charge in [-0.25, -0.2) is 19.9 Å². The summed E-state index contributed by atoms with van der Waals surface area (Å²) < 4.78 is 7.93. The summed E-state index contributed by atoms with van der Waals surface area (Å²) in [6, 6.07) is 54.5. The number of benzene rings is 8. The average molecular weight is 683 g/mol. The number of nitrogens with zero attached hydrogens (tertiary/aromatic N) is 4. The lowest BCUT2D eigenvalue weighted by Crippen LogP contribution is -2.01. The van der Waals surface area contributed by atoms with Crippen molar-refractivity contribution in [1.82, 2.24) is 19.9 Å². The van der Waals surface area contributed by atoms with Crippen LogP contribution in [0.25, 0.3) is 109 Å². The zero-order chi connectivity index (χ0) is 34.2. The molecule has 52 heavy (non-hydrogen) atoms. The molecule has 11 rings (SSSR count). The summed E-state index contributed by atoms with van der Waals surface area (Å²) in [6.45, 7) is 0. The van der Waals surface area contributed by atoms with Crippen LogP contribution < -0.4 is 0 Å². The highest BCUT2D eigenvalue weighted by Gasteiger charge is 2.20. The molecular weight excluding hydrogens is 657 g/mol. The van der Waals surface area contributed by atoms with Gasteiger partial charge in [0, 0.05) is 43.8 Å². The summed E-state index contributed by atoms with van der Waals surface area (Å²) in [6.07, 6.45) is 0. The lowest BCUT2D eigenvalue weighted by Gasteiger charge is -2.13. The summed E-state index contributed by atoms with van der Waals surface area (Å²) in [5.74, 6) is 1.89. The van der Waals surface area contributed by atoms with E-state index in [9.17, 15) is 0 Å². The Morgan fingerprint density at radius 3 is 1.83 bits per heavy atom. The van der Waals surface area contributed by atoms with E-state index in [1.54, 1.807) is 11.3 Å². The SMILES string of the molecule is c1ccc(-c2nc(-c3cccc4ccccc34)nc(-c3cccc4ccc5c(ccc6c7ccc8sc(-c9ccccc9)nc8c7oc65)c34)n2)cc1. The third-order valence-corrected chi connectivity index (χ3v) is 11.0. The highest BCUT2D eigenvalue weighted by molar-refractivity contribution is 7.21. The zero-order valence-corrected chi connectivity index (χ0v) is 28.4. The predicted octanol–water partition coefficient (Wildman–Crippen LogP) is 12.5. The first kappa shape index (κ1) is 29.0. The summed E-state index contributed by atoms with van der Waals surface area (Å²) >= 11 is 1.69. The van der Waals surface area contributed by atoms with Gasteiger partial charge in [-0.1, -0.05) is 133 Å². The zero-order valence-electron chi connectivity index (χ0n) is 27.6. The van der Waals surface area contributed by atoms with Crippen molar-refractivity contribution in [3.05, 3.63) is 158 Å². The Bertz CT molecular complexity index is 3180. The van der Waals surface area contributed by atoms with Crippen molar-refractivity contribution in [1.29, 1.82) is 0 Å². The quantitative estimate of drug-likeness (QED) is 0.173. The van der Waals surface area contributed by atoms with Gasteiger partial charge in [-0.05, 0) is 45.8 Å². The highest BCUT2D eigenvalue weighted by Crippen LogP contribution is 2.43. The molecule has 242 valence electrons. The number of aromatic nitrogens is 4. The molecule has 3 heterocycles. The molecule has 0 amide bonds. The predicted molar refractivity (Wildman–Crippen MR) is 215 cm³/mol. The maximum absolute atomic E-state index is 6.82. The van der Waals surface area contributed by atoms with Crippen LogP contribution in [0.4, 0.5) is 0 Å². The van der Waals surface area contributed by atoms with Crippen LogP contribution in [0.15, 0.2) is 162 Å². The molecule has 3 aromatic heterocycles. The number of furan rings is 1. The third-order valence-electron chi connectivity index (χ3n) is 9.96. The molecule has 0 atom stereocenters. The van der Waals surface area contributed by atoms with Crippen molar-refractivity contribution >= 4 is 75.8 Å². The molecule has 8 aromatic carbocycles. The largest absolute Gasteiger partial charge is 0.453 e. The van der Waals surface area contributed by atoms with Crippen LogP contribution in [0.1, 0.15) is 0 Å². The van der Waals surface area contributed by atoms with Crippen molar-refractivity contribution in [3.63, 3.8) is 0 Å². The van der Waals surface area contributed by atoms with Gasteiger partial charge in [0.25, 0.3) is 0 Å². The first-order chi connectivity index (χ1) is 25.8. The van der Waals surface area contributed by atoms with E-state index in [0.29, 0.717) is 17.5 Å². The number of rotatable bonds is 4. The minimum absolute atomic E-state index is 0.622. The normalized spacial score (nSPS) is 11.8. The van der Waals surface area contributed by atoms with Crippen LogP contribution in [-0.4, -0.2) is 19.9 Å². The van der Waals surface area contributed by atoms with Gasteiger partial charge in [-0.15, -0.1) is 11.3 Å². The molecule has 0 aliphatic carbocycles. The van der Waals surface area contributed by atoms with Gasteiger partial charge < -0.3 is 4.42 Å². The molecule has 5 nitrogen and oxygen atoms in total. The molecule has 0 saturated carbocycles.